The molecule has 1 aliphatic heterocycles. The Morgan fingerprint density at radius 1 is 1.45 bits per heavy atom. The largest absolute Gasteiger partial charge is 0.391 e. The molecular weight excluding hydrogens is 278 g/mol. The van der Waals surface area contributed by atoms with Crippen LogP contribution in [0.5, 0.6) is 0 Å². The molecule has 1 aromatic rings. The molecule has 22 heavy (non-hydrogen) atoms. The van der Waals surface area contributed by atoms with Crippen molar-refractivity contribution in [1.82, 2.24) is 15.2 Å². The molecule has 1 aliphatic rings. The highest BCUT2D eigenvalue weighted by atomic mass is 16.3. The van der Waals surface area contributed by atoms with Crippen LogP contribution in [0.3, 0.4) is 0 Å². The Hall–Kier alpha value is -1.46. The lowest BCUT2D eigenvalue weighted by Crippen LogP contribution is -2.44. The lowest BCUT2D eigenvalue weighted by atomic mass is 10.1. The second-order valence-electron chi connectivity index (χ2n) is 6.49. The van der Waals surface area contributed by atoms with Crippen LogP contribution in [0.4, 0.5) is 0 Å². The van der Waals surface area contributed by atoms with Crippen molar-refractivity contribution in [1.29, 1.82) is 0 Å². The van der Waals surface area contributed by atoms with E-state index in [1.165, 1.54) is 11.1 Å². The van der Waals surface area contributed by atoms with Crippen LogP contribution in [0, 0.1) is 12.8 Å². The van der Waals surface area contributed by atoms with Gasteiger partial charge in [0.2, 0.25) is 5.91 Å². The average molecular weight is 305 g/mol. The number of nitrogens with zero attached hydrogens (tertiary/aromatic N) is 2. The Labute approximate surface area is 132 Å². The fourth-order valence-electron chi connectivity index (χ4n) is 2.74. The number of carbonyl (C=O) groups excluding carboxylic acids is 1. The topological polar surface area (TPSA) is 65.5 Å². The zero-order valence-electron chi connectivity index (χ0n) is 13.7. The maximum atomic E-state index is 11.8. The van der Waals surface area contributed by atoms with Crippen molar-refractivity contribution in [3.63, 3.8) is 0 Å². The summed E-state index contributed by atoms with van der Waals surface area (Å²) in [5.41, 5.74) is 2.46. The van der Waals surface area contributed by atoms with Crippen molar-refractivity contribution in [2.75, 3.05) is 13.1 Å². The smallest absolute Gasteiger partial charge is 0.222 e. The lowest BCUT2D eigenvalue weighted by Gasteiger charge is -2.22. The highest BCUT2D eigenvalue weighted by Crippen LogP contribution is 2.16. The fraction of sp³-hybridized carbons (Fsp3) is 0.647. The number of nitrogens with one attached hydrogen (secondary N) is 1. The molecule has 0 radical (unpaired) electrons. The first kappa shape index (κ1) is 16.9. The van der Waals surface area contributed by atoms with Gasteiger partial charge in [-0.25, -0.2) is 0 Å². The van der Waals surface area contributed by atoms with E-state index in [1.54, 1.807) is 0 Å². The first-order valence-corrected chi connectivity index (χ1v) is 8.07. The number of amides is 1. The van der Waals surface area contributed by atoms with Crippen LogP contribution < -0.4 is 5.32 Å². The Morgan fingerprint density at radius 3 is 2.86 bits per heavy atom. The molecule has 2 N–H and O–H groups in total. The van der Waals surface area contributed by atoms with Gasteiger partial charge >= 0.3 is 0 Å². The van der Waals surface area contributed by atoms with Crippen LogP contribution >= 0.6 is 0 Å². The molecule has 0 unspecified atom stereocenters. The third-order valence-electron chi connectivity index (χ3n) is 4.34. The van der Waals surface area contributed by atoms with Crippen molar-refractivity contribution in [2.45, 2.75) is 52.3 Å². The van der Waals surface area contributed by atoms with Gasteiger partial charge in [0, 0.05) is 37.9 Å². The molecule has 0 saturated carbocycles. The number of carbonyl (C=O) groups is 1. The molecule has 2 atom stereocenters. The van der Waals surface area contributed by atoms with Crippen LogP contribution in [-0.4, -0.2) is 46.1 Å². The van der Waals surface area contributed by atoms with E-state index in [9.17, 15) is 9.90 Å². The van der Waals surface area contributed by atoms with Gasteiger partial charge in [-0.2, -0.15) is 0 Å². The molecule has 5 nitrogen and oxygen atoms in total. The summed E-state index contributed by atoms with van der Waals surface area (Å²) in [6.45, 7) is 8.40. The van der Waals surface area contributed by atoms with Gasteiger partial charge in [0.1, 0.15) is 0 Å². The summed E-state index contributed by atoms with van der Waals surface area (Å²) in [5.74, 6) is -0.0338. The number of aryl methyl sites for hydroxylation is 1. The highest BCUT2D eigenvalue weighted by Gasteiger charge is 2.26. The van der Waals surface area contributed by atoms with E-state index >= 15 is 0 Å². The van der Waals surface area contributed by atoms with Crippen molar-refractivity contribution < 1.29 is 9.90 Å². The predicted molar refractivity (Wildman–Crippen MR) is 86.3 cm³/mol. The molecule has 2 heterocycles. The Balaban J connectivity index is 1.94. The second-order valence-corrected chi connectivity index (χ2v) is 6.49. The van der Waals surface area contributed by atoms with Gasteiger partial charge in [-0.1, -0.05) is 13.8 Å². The summed E-state index contributed by atoms with van der Waals surface area (Å²) < 4.78 is 0. The molecule has 1 saturated heterocycles. The van der Waals surface area contributed by atoms with Gasteiger partial charge in [0.05, 0.1) is 12.1 Å². The molecule has 0 spiro atoms. The number of likely N-dealkylation sites (tertiary alicyclic amines) is 1. The molecule has 2 rings (SSSR count). The average Bonchev–Trinajstić information content (AvgIpc) is 2.65. The number of hydrogen-bond donors (Lipinski definition) is 2. The van der Waals surface area contributed by atoms with E-state index in [2.05, 4.69) is 28.2 Å². The maximum Gasteiger partial charge on any atom is 0.222 e. The van der Waals surface area contributed by atoms with E-state index < -0.39 is 6.10 Å². The summed E-state index contributed by atoms with van der Waals surface area (Å²) in [4.78, 5) is 18.3. The van der Waals surface area contributed by atoms with Gasteiger partial charge in [0.15, 0.2) is 0 Å². The van der Waals surface area contributed by atoms with Crippen LogP contribution in [0.15, 0.2) is 18.5 Å². The van der Waals surface area contributed by atoms with Gasteiger partial charge in [-0.3, -0.25) is 14.7 Å². The van der Waals surface area contributed by atoms with Crippen LogP contribution in [-0.2, 0) is 11.3 Å². The lowest BCUT2D eigenvalue weighted by molar-refractivity contribution is -0.125. The van der Waals surface area contributed by atoms with E-state index in [0.717, 1.165) is 26.1 Å². The molecule has 1 fully saturated rings. The SMILES string of the molecule is Cc1cnccc1CN1CC[C@H](NC(=O)C(C)C)[C@@H](O)CC1. The minimum atomic E-state index is -0.466. The standard InChI is InChI=1S/C17H27N3O2/c1-12(2)17(22)19-15-5-8-20(9-6-16(15)21)11-14-4-7-18-10-13(14)3/h4,7,10,12,15-16,21H,5-6,8-9,11H2,1-3H3,(H,19,22)/t15-,16-/m0/s1. The second kappa shape index (κ2) is 7.70. The van der Waals surface area contributed by atoms with Crippen LogP contribution in [0.2, 0.25) is 0 Å². The van der Waals surface area contributed by atoms with Gasteiger partial charge in [-0.15, -0.1) is 0 Å². The van der Waals surface area contributed by atoms with Crippen molar-refractivity contribution in [3.05, 3.63) is 29.6 Å². The summed E-state index contributed by atoms with van der Waals surface area (Å²) in [5, 5.41) is 13.2. The third-order valence-corrected chi connectivity index (χ3v) is 4.34. The maximum absolute atomic E-state index is 11.8. The minimum Gasteiger partial charge on any atom is -0.391 e. The Morgan fingerprint density at radius 2 is 2.18 bits per heavy atom. The summed E-state index contributed by atoms with van der Waals surface area (Å²) in [6.07, 6.45) is 4.71. The number of pyridine rings is 1. The summed E-state index contributed by atoms with van der Waals surface area (Å²) >= 11 is 0. The quantitative estimate of drug-likeness (QED) is 0.884. The zero-order chi connectivity index (χ0) is 16.1. The molecular formula is C17H27N3O2. The molecule has 1 amide bonds. The van der Waals surface area contributed by atoms with E-state index in [0.29, 0.717) is 6.42 Å². The minimum absolute atomic E-state index is 0.0162. The monoisotopic (exact) mass is 305 g/mol. The van der Waals surface area contributed by atoms with Gasteiger partial charge < -0.3 is 10.4 Å². The zero-order valence-corrected chi connectivity index (χ0v) is 13.7. The summed E-state index contributed by atoms with van der Waals surface area (Å²) in [7, 11) is 0. The molecule has 0 aromatic carbocycles. The number of aromatic nitrogens is 1. The fourth-order valence-corrected chi connectivity index (χ4v) is 2.74. The normalized spacial score (nSPS) is 23.3. The Kier molecular flexibility index (Phi) is 5.91. The molecule has 0 bridgehead atoms. The van der Waals surface area contributed by atoms with Gasteiger partial charge in [0.25, 0.3) is 0 Å². The molecule has 5 heteroatoms. The third kappa shape index (κ3) is 4.52. The number of hydrogen-bond acceptors (Lipinski definition) is 4. The molecule has 122 valence electrons. The highest BCUT2D eigenvalue weighted by molar-refractivity contribution is 5.78. The van der Waals surface area contributed by atoms with E-state index in [1.807, 2.05) is 26.2 Å². The van der Waals surface area contributed by atoms with Crippen molar-refractivity contribution >= 4 is 5.91 Å². The van der Waals surface area contributed by atoms with Crippen molar-refractivity contribution in [3.8, 4) is 0 Å². The first-order chi connectivity index (χ1) is 10.5. The summed E-state index contributed by atoms with van der Waals surface area (Å²) in [6, 6.07) is 1.91. The van der Waals surface area contributed by atoms with Crippen molar-refractivity contribution in [2.24, 2.45) is 5.92 Å². The van der Waals surface area contributed by atoms with E-state index in [4.69, 9.17) is 0 Å². The Bertz CT molecular complexity index is 504. The van der Waals surface area contributed by atoms with Crippen LogP contribution in [0.1, 0.15) is 37.8 Å². The predicted octanol–water partition coefficient (Wildman–Crippen LogP) is 1.49. The van der Waals surface area contributed by atoms with Gasteiger partial charge in [-0.05, 0) is 37.0 Å². The number of aliphatic hydroxyl groups excluding tert-OH is 1. The number of rotatable bonds is 4. The van der Waals surface area contributed by atoms with Crippen LogP contribution in [0.25, 0.3) is 0 Å². The molecule has 1 aromatic heterocycles. The first-order valence-electron chi connectivity index (χ1n) is 8.07. The number of aliphatic hydroxyl groups is 1. The van der Waals surface area contributed by atoms with E-state index in [-0.39, 0.29) is 17.9 Å². The molecule has 0 aliphatic carbocycles.